The minimum atomic E-state index is -0.253. The predicted octanol–water partition coefficient (Wildman–Crippen LogP) is 3.61. The fraction of sp³-hybridized carbons (Fsp3) is 0.200. The normalized spacial score (nSPS) is 10.2. The molecule has 0 amide bonds. The molecule has 0 aliphatic heterocycles. The van der Waals surface area contributed by atoms with Gasteiger partial charge in [-0.25, -0.2) is 4.39 Å². The highest BCUT2D eigenvalue weighted by Crippen LogP contribution is 2.17. The first-order valence-electron chi connectivity index (χ1n) is 6.32. The van der Waals surface area contributed by atoms with Crippen LogP contribution >= 0.6 is 11.8 Å². The van der Waals surface area contributed by atoms with Crippen molar-refractivity contribution in [3.05, 3.63) is 54.9 Å². The lowest BCUT2D eigenvalue weighted by molar-refractivity contribution is 0.628. The largest absolute Gasteiger partial charge is 0.368 e. The molecular formula is C15H16FN3S. The van der Waals surface area contributed by atoms with Gasteiger partial charge >= 0.3 is 0 Å². The van der Waals surface area contributed by atoms with Crippen molar-refractivity contribution in [2.45, 2.75) is 0 Å². The topological polar surface area (TPSA) is 37.8 Å². The molecule has 1 heterocycles. The van der Waals surface area contributed by atoms with E-state index in [0.717, 1.165) is 35.1 Å². The smallest absolute Gasteiger partial charge is 0.148 e. The fourth-order valence-corrected chi connectivity index (χ4v) is 2.20. The van der Waals surface area contributed by atoms with Crippen LogP contribution in [-0.4, -0.2) is 28.2 Å². The Bertz CT molecular complexity index is 540. The Morgan fingerprint density at radius 2 is 1.95 bits per heavy atom. The van der Waals surface area contributed by atoms with Gasteiger partial charge in [0.25, 0.3) is 0 Å². The van der Waals surface area contributed by atoms with Crippen molar-refractivity contribution in [3.63, 3.8) is 0 Å². The third-order valence-corrected chi connectivity index (χ3v) is 3.56. The van der Waals surface area contributed by atoms with E-state index in [1.807, 2.05) is 30.0 Å². The molecule has 1 aromatic heterocycles. The standard InChI is InChI=1S/C15H16FN3S/c1-2-10-20-11-9-17-15-8-7-14(18-19-15)12-3-5-13(16)6-4-12/h2-8H,1,9-11H2,(H,17,19). The summed E-state index contributed by atoms with van der Waals surface area (Å²) in [7, 11) is 0. The average Bonchev–Trinajstić information content (AvgIpc) is 2.49. The van der Waals surface area contributed by atoms with Crippen molar-refractivity contribution in [1.29, 1.82) is 0 Å². The van der Waals surface area contributed by atoms with E-state index < -0.39 is 0 Å². The summed E-state index contributed by atoms with van der Waals surface area (Å²) < 4.78 is 12.8. The summed E-state index contributed by atoms with van der Waals surface area (Å²) in [5.74, 6) is 2.44. The maximum absolute atomic E-state index is 12.8. The lowest BCUT2D eigenvalue weighted by Gasteiger charge is -2.05. The van der Waals surface area contributed by atoms with E-state index in [1.165, 1.54) is 12.1 Å². The minimum absolute atomic E-state index is 0.253. The minimum Gasteiger partial charge on any atom is -0.368 e. The van der Waals surface area contributed by atoms with Gasteiger partial charge in [-0.1, -0.05) is 6.08 Å². The molecule has 1 aromatic carbocycles. The molecule has 0 saturated carbocycles. The van der Waals surface area contributed by atoms with Crippen LogP contribution in [-0.2, 0) is 0 Å². The molecule has 0 fully saturated rings. The van der Waals surface area contributed by atoms with Gasteiger partial charge in [-0.15, -0.1) is 16.8 Å². The molecule has 5 heteroatoms. The highest BCUT2D eigenvalue weighted by molar-refractivity contribution is 7.99. The summed E-state index contributed by atoms with van der Waals surface area (Å²) in [4.78, 5) is 0. The average molecular weight is 289 g/mol. The van der Waals surface area contributed by atoms with Crippen LogP contribution in [0.5, 0.6) is 0 Å². The second kappa shape index (κ2) is 7.65. The van der Waals surface area contributed by atoms with Crippen molar-refractivity contribution in [2.24, 2.45) is 0 Å². The van der Waals surface area contributed by atoms with Crippen LogP contribution < -0.4 is 5.32 Å². The van der Waals surface area contributed by atoms with E-state index in [2.05, 4.69) is 22.1 Å². The Balaban J connectivity index is 1.89. The Morgan fingerprint density at radius 3 is 2.60 bits per heavy atom. The molecule has 20 heavy (non-hydrogen) atoms. The molecule has 0 bridgehead atoms. The third-order valence-electron chi connectivity index (χ3n) is 2.59. The number of nitrogens with one attached hydrogen (secondary N) is 1. The van der Waals surface area contributed by atoms with Crippen LogP contribution in [0.15, 0.2) is 49.1 Å². The molecule has 0 atom stereocenters. The molecule has 0 aliphatic rings. The Labute approximate surface area is 122 Å². The molecule has 0 radical (unpaired) electrons. The van der Waals surface area contributed by atoms with E-state index >= 15 is 0 Å². The number of hydrogen-bond acceptors (Lipinski definition) is 4. The Kier molecular flexibility index (Phi) is 5.55. The number of thioether (sulfide) groups is 1. The highest BCUT2D eigenvalue weighted by atomic mass is 32.2. The molecule has 0 spiro atoms. The predicted molar refractivity (Wildman–Crippen MR) is 83.4 cm³/mol. The van der Waals surface area contributed by atoms with Gasteiger partial charge in [0.15, 0.2) is 0 Å². The maximum atomic E-state index is 12.8. The Hall–Kier alpha value is -1.88. The van der Waals surface area contributed by atoms with Crippen LogP contribution in [0.1, 0.15) is 0 Å². The van der Waals surface area contributed by atoms with Gasteiger partial charge in [-0.05, 0) is 36.4 Å². The van der Waals surface area contributed by atoms with E-state index in [0.29, 0.717) is 0 Å². The number of benzene rings is 1. The van der Waals surface area contributed by atoms with Crippen LogP contribution in [0.25, 0.3) is 11.3 Å². The van der Waals surface area contributed by atoms with Gasteiger partial charge in [0, 0.05) is 23.6 Å². The Morgan fingerprint density at radius 1 is 1.15 bits per heavy atom. The van der Waals surface area contributed by atoms with Crippen molar-refractivity contribution in [2.75, 3.05) is 23.4 Å². The number of nitrogens with zero attached hydrogens (tertiary/aromatic N) is 2. The van der Waals surface area contributed by atoms with E-state index in [1.54, 1.807) is 12.1 Å². The molecule has 2 aromatic rings. The molecule has 1 N–H and O–H groups in total. The van der Waals surface area contributed by atoms with Gasteiger partial charge in [0.1, 0.15) is 11.6 Å². The zero-order chi connectivity index (χ0) is 14.2. The number of halogens is 1. The van der Waals surface area contributed by atoms with Gasteiger partial charge in [0.05, 0.1) is 5.69 Å². The second-order valence-electron chi connectivity index (χ2n) is 4.10. The summed E-state index contributed by atoms with van der Waals surface area (Å²) in [5.41, 5.74) is 1.59. The molecule has 0 aliphatic carbocycles. The van der Waals surface area contributed by atoms with Gasteiger partial charge in [0.2, 0.25) is 0 Å². The first kappa shape index (κ1) is 14.5. The maximum Gasteiger partial charge on any atom is 0.148 e. The van der Waals surface area contributed by atoms with E-state index in [4.69, 9.17) is 0 Å². The molecular weight excluding hydrogens is 273 g/mol. The monoisotopic (exact) mass is 289 g/mol. The first-order chi connectivity index (χ1) is 9.79. The fourth-order valence-electron chi connectivity index (χ4n) is 1.62. The number of hydrogen-bond donors (Lipinski definition) is 1. The summed E-state index contributed by atoms with van der Waals surface area (Å²) >= 11 is 1.81. The van der Waals surface area contributed by atoms with Crippen molar-refractivity contribution < 1.29 is 4.39 Å². The molecule has 3 nitrogen and oxygen atoms in total. The lowest BCUT2D eigenvalue weighted by atomic mass is 10.1. The van der Waals surface area contributed by atoms with Gasteiger partial charge in [-0.3, -0.25) is 0 Å². The highest BCUT2D eigenvalue weighted by Gasteiger charge is 2.01. The van der Waals surface area contributed by atoms with Crippen LogP contribution in [0.3, 0.4) is 0 Å². The van der Waals surface area contributed by atoms with Crippen LogP contribution in [0.4, 0.5) is 10.2 Å². The summed E-state index contributed by atoms with van der Waals surface area (Å²) in [6, 6.07) is 9.97. The first-order valence-corrected chi connectivity index (χ1v) is 7.47. The lowest BCUT2D eigenvalue weighted by Crippen LogP contribution is -2.06. The third kappa shape index (κ3) is 4.35. The van der Waals surface area contributed by atoms with Crippen LogP contribution in [0, 0.1) is 5.82 Å². The van der Waals surface area contributed by atoms with E-state index in [9.17, 15) is 4.39 Å². The van der Waals surface area contributed by atoms with Gasteiger partial charge < -0.3 is 5.32 Å². The molecule has 0 unspecified atom stereocenters. The zero-order valence-electron chi connectivity index (χ0n) is 11.1. The van der Waals surface area contributed by atoms with E-state index in [-0.39, 0.29) is 5.82 Å². The number of anilines is 1. The second-order valence-corrected chi connectivity index (χ2v) is 5.25. The molecule has 2 rings (SSSR count). The van der Waals surface area contributed by atoms with Crippen LogP contribution in [0.2, 0.25) is 0 Å². The zero-order valence-corrected chi connectivity index (χ0v) is 11.9. The SMILES string of the molecule is C=CCSCCNc1ccc(-c2ccc(F)cc2)nn1. The number of aromatic nitrogens is 2. The molecule has 104 valence electrons. The quantitative estimate of drug-likeness (QED) is 0.624. The summed E-state index contributed by atoms with van der Waals surface area (Å²) in [6.45, 7) is 4.51. The van der Waals surface area contributed by atoms with Crippen molar-refractivity contribution >= 4 is 17.6 Å². The number of rotatable bonds is 7. The molecule has 0 saturated heterocycles. The summed E-state index contributed by atoms with van der Waals surface area (Å²) in [5, 5.41) is 11.4. The van der Waals surface area contributed by atoms with Gasteiger partial charge in [-0.2, -0.15) is 11.8 Å². The summed E-state index contributed by atoms with van der Waals surface area (Å²) in [6.07, 6.45) is 1.89. The van der Waals surface area contributed by atoms with Crippen molar-refractivity contribution in [3.8, 4) is 11.3 Å². The van der Waals surface area contributed by atoms with Crippen molar-refractivity contribution in [1.82, 2.24) is 10.2 Å².